The standard InChI is InChI=1S/C32H25N2O.C11H8N.Ir/c1-32(2,3)29-19-28(33-20-34-29)27-14-8-13-26-25-12-7-11-24(30(25)35-31(26)27)23-17-15-22(16-18-23)21-9-5-4-6-10-21;1-2-6-10(7-3-1)11-8-4-5-9-12-11;/h4-13,15-20H,1-3H3;1-6,8-9H;/q2*-1;. The molecule has 0 saturated heterocycles. The van der Waals surface area contributed by atoms with Crippen LogP contribution in [0.15, 0.2) is 150 Å². The van der Waals surface area contributed by atoms with Gasteiger partial charge in [-0.1, -0.05) is 123 Å². The number of rotatable bonds is 4. The van der Waals surface area contributed by atoms with E-state index in [1.807, 2.05) is 60.7 Å². The maximum atomic E-state index is 6.57. The summed E-state index contributed by atoms with van der Waals surface area (Å²) in [5, 5.41) is 2.15. The largest absolute Gasteiger partial charge is 0.500 e. The summed E-state index contributed by atoms with van der Waals surface area (Å²) in [5.74, 6) is 0. The number of furan rings is 1. The van der Waals surface area contributed by atoms with E-state index in [4.69, 9.17) is 4.42 Å². The van der Waals surface area contributed by atoms with Gasteiger partial charge >= 0.3 is 0 Å². The molecule has 0 N–H and O–H groups in total. The number of benzene rings is 5. The quantitative estimate of drug-likeness (QED) is 0.166. The minimum Gasteiger partial charge on any atom is -0.500 e. The Morgan fingerprint density at radius 3 is 2.02 bits per heavy atom. The van der Waals surface area contributed by atoms with Gasteiger partial charge in [0.15, 0.2) is 0 Å². The monoisotopic (exact) mass is 800 g/mol. The van der Waals surface area contributed by atoms with Gasteiger partial charge in [-0.2, -0.15) is 0 Å². The van der Waals surface area contributed by atoms with Gasteiger partial charge in [-0.05, 0) is 34.1 Å². The van der Waals surface area contributed by atoms with E-state index in [0.29, 0.717) is 0 Å². The van der Waals surface area contributed by atoms with Crippen molar-refractivity contribution in [2.75, 3.05) is 0 Å². The molecule has 8 aromatic rings. The van der Waals surface area contributed by atoms with Crippen LogP contribution in [0.25, 0.3) is 66.7 Å². The molecule has 0 fully saturated rings. The van der Waals surface area contributed by atoms with Crippen molar-refractivity contribution in [1.29, 1.82) is 0 Å². The van der Waals surface area contributed by atoms with E-state index in [1.54, 1.807) is 12.5 Å². The summed E-state index contributed by atoms with van der Waals surface area (Å²) < 4.78 is 6.57. The molecule has 8 rings (SSSR count). The van der Waals surface area contributed by atoms with E-state index >= 15 is 0 Å². The number of para-hydroxylation sites is 1. The van der Waals surface area contributed by atoms with Crippen LogP contribution in [0.2, 0.25) is 0 Å². The summed E-state index contributed by atoms with van der Waals surface area (Å²) in [6.45, 7) is 6.46. The minimum atomic E-state index is -0.0709. The van der Waals surface area contributed by atoms with Crippen LogP contribution in [0.4, 0.5) is 0 Å². The molecule has 48 heavy (non-hydrogen) atoms. The molecule has 0 aliphatic carbocycles. The topological polar surface area (TPSA) is 51.8 Å². The van der Waals surface area contributed by atoms with Gasteiger partial charge in [-0.15, -0.1) is 54.1 Å². The van der Waals surface area contributed by atoms with Gasteiger partial charge < -0.3 is 9.40 Å². The molecule has 237 valence electrons. The number of hydrogen-bond acceptors (Lipinski definition) is 4. The third-order valence-corrected chi connectivity index (χ3v) is 8.10. The van der Waals surface area contributed by atoms with Crippen molar-refractivity contribution >= 4 is 21.9 Å². The van der Waals surface area contributed by atoms with Crippen molar-refractivity contribution in [2.45, 2.75) is 26.2 Å². The minimum absolute atomic E-state index is 0. The molecule has 0 unspecified atom stereocenters. The van der Waals surface area contributed by atoms with Crippen LogP contribution in [0.1, 0.15) is 26.5 Å². The predicted molar refractivity (Wildman–Crippen MR) is 192 cm³/mol. The van der Waals surface area contributed by atoms with Crippen LogP contribution in [0.3, 0.4) is 0 Å². The van der Waals surface area contributed by atoms with Crippen molar-refractivity contribution in [2.24, 2.45) is 0 Å². The third-order valence-electron chi connectivity index (χ3n) is 8.10. The van der Waals surface area contributed by atoms with Gasteiger partial charge in [0.2, 0.25) is 0 Å². The molecule has 0 bridgehead atoms. The Morgan fingerprint density at radius 1 is 0.562 bits per heavy atom. The van der Waals surface area contributed by atoms with Gasteiger partial charge in [-0.3, -0.25) is 4.98 Å². The van der Waals surface area contributed by atoms with Crippen LogP contribution < -0.4 is 0 Å². The fourth-order valence-electron chi connectivity index (χ4n) is 5.63. The fraction of sp³-hybridized carbons (Fsp3) is 0.0930. The number of nitrogens with zero attached hydrogens (tertiary/aromatic N) is 3. The fourth-order valence-corrected chi connectivity index (χ4v) is 5.63. The third kappa shape index (κ3) is 6.89. The Morgan fingerprint density at radius 2 is 1.29 bits per heavy atom. The molecule has 0 spiro atoms. The second-order valence-electron chi connectivity index (χ2n) is 12.4. The molecule has 3 heterocycles. The van der Waals surface area contributed by atoms with Gasteiger partial charge in [0.25, 0.3) is 0 Å². The molecule has 0 atom stereocenters. The number of aromatic nitrogens is 3. The van der Waals surface area contributed by atoms with Crippen LogP contribution in [-0.4, -0.2) is 15.0 Å². The maximum absolute atomic E-state index is 6.57. The molecule has 5 aromatic carbocycles. The summed E-state index contributed by atoms with van der Waals surface area (Å²) in [6.07, 6.45) is 3.42. The molecule has 0 aliphatic rings. The van der Waals surface area contributed by atoms with Crippen LogP contribution >= 0.6 is 0 Å². The second kappa shape index (κ2) is 14.3. The molecule has 0 amide bonds. The Balaban J connectivity index is 0.000000260. The Hall–Kier alpha value is -5.22. The normalized spacial score (nSPS) is 11.1. The van der Waals surface area contributed by atoms with E-state index in [0.717, 1.165) is 61.3 Å². The van der Waals surface area contributed by atoms with Crippen molar-refractivity contribution in [3.8, 4) is 44.8 Å². The first-order valence-electron chi connectivity index (χ1n) is 15.7. The van der Waals surface area contributed by atoms with E-state index in [1.165, 1.54) is 11.1 Å². The summed E-state index contributed by atoms with van der Waals surface area (Å²) >= 11 is 0. The molecule has 1 radical (unpaired) electrons. The summed E-state index contributed by atoms with van der Waals surface area (Å²) in [7, 11) is 0. The predicted octanol–water partition coefficient (Wildman–Crippen LogP) is 11.0. The molecule has 4 nitrogen and oxygen atoms in total. The SMILES string of the molecule is CC(C)(C)c1cc(-c2[c-]ccc3c2oc2c(-c4ccc(-c5ccccc5)cc4)cccc23)ncn1.[Ir].[c-]1ccccc1-c1ccccn1. The van der Waals surface area contributed by atoms with E-state index < -0.39 is 0 Å². The van der Waals surface area contributed by atoms with E-state index in [-0.39, 0.29) is 25.5 Å². The summed E-state index contributed by atoms with van der Waals surface area (Å²) in [6, 6.07) is 51.7. The van der Waals surface area contributed by atoms with Gasteiger partial charge in [0.05, 0.1) is 5.58 Å². The first-order valence-corrected chi connectivity index (χ1v) is 15.7. The van der Waals surface area contributed by atoms with Crippen LogP contribution in [0, 0.1) is 12.1 Å². The number of hydrogen-bond donors (Lipinski definition) is 0. The summed E-state index contributed by atoms with van der Waals surface area (Å²) in [4.78, 5) is 13.3. The van der Waals surface area contributed by atoms with Crippen LogP contribution in [0.5, 0.6) is 0 Å². The number of pyridine rings is 1. The molecule has 0 saturated carbocycles. The second-order valence-corrected chi connectivity index (χ2v) is 12.4. The summed E-state index contributed by atoms with van der Waals surface area (Å²) in [5.41, 5.74) is 10.9. The van der Waals surface area contributed by atoms with E-state index in [9.17, 15) is 0 Å². The smallest absolute Gasteiger partial charge is 0.128 e. The first kappa shape index (κ1) is 32.7. The van der Waals surface area contributed by atoms with Crippen molar-refractivity contribution in [3.63, 3.8) is 0 Å². The molecule has 3 aromatic heterocycles. The van der Waals surface area contributed by atoms with Gasteiger partial charge in [-0.25, -0.2) is 4.98 Å². The average molecular weight is 800 g/mol. The maximum Gasteiger partial charge on any atom is 0.128 e. The Labute approximate surface area is 294 Å². The Bertz CT molecular complexity index is 2220. The van der Waals surface area contributed by atoms with Crippen LogP contribution in [-0.2, 0) is 25.5 Å². The van der Waals surface area contributed by atoms with Crippen molar-refractivity contribution in [3.05, 3.63) is 164 Å². The molecule has 0 aliphatic heterocycles. The molecular formula is C43H33IrN3O-2. The van der Waals surface area contributed by atoms with Gasteiger partial charge in [0.1, 0.15) is 11.9 Å². The zero-order valence-corrected chi connectivity index (χ0v) is 29.3. The van der Waals surface area contributed by atoms with Crippen molar-refractivity contribution < 1.29 is 24.5 Å². The van der Waals surface area contributed by atoms with Gasteiger partial charge in [0, 0.05) is 48.4 Å². The average Bonchev–Trinajstić information content (AvgIpc) is 3.52. The van der Waals surface area contributed by atoms with E-state index in [2.05, 4.69) is 121 Å². The molecular weight excluding hydrogens is 767 g/mol. The number of fused-ring (bicyclic) bond motifs is 3. The Kier molecular flexibility index (Phi) is 9.72. The zero-order valence-electron chi connectivity index (χ0n) is 26.9. The van der Waals surface area contributed by atoms with Crippen molar-refractivity contribution in [1.82, 2.24) is 15.0 Å². The first-order chi connectivity index (χ1) is 23.0. The molecule has 5 heteroatoms. The zero-order chi connectivity index (χ0) is 32.2.